The van der Waals surface area contributed by atoms with Crippen LogP contribution in [0.25, 0.3) is 0 Å². The van der Waals surface area contributed by atoms with Crippen LogP contribution in [0.3, 0.4) is 0 Å². The number of hydrogen-bond acceptors (Lipinski definition) is 2. The lowest BCUT2D eigenvalue weighted by molar-refractivity contribution is 0.243. The molecule has 2 rings (SSSR count). The van der Waals surface area contributed by atoms with Crippen LogP contribution < -0.4 is 5.32 Å². The van der Waals surface area contributed by atoms with Gasteiger partial charge < -0.3 is 10.4 Å². The smallest absolute Gasteiger partial charge is 0.123 e. The molecule has 0 aromatic heterocycles. The molecule has 0 fully saturated rings. The molecule has 2 N–H and O–H groups in total. The van der Waals surface area contributed by atoms with E-state index in [1.54, 1.807) is 6.07 Å². The van der Waals surface area contributed by atoms with Crippen molar-refractivity contribution in [2.45, 2.75) is 12.6 Å². The van der Waals surface area contributed by atoms with Gasteiger partial charge in [0.15, 0.2) is 0 Å². The predicted octanol–water partition coefficient (Wildman–Crippen LogP) is 3.41. The van der Waals surface area contributed by atoms with Crippen molar-refractivity contribution in [1.82, 2.24) is 5.32 Å². The van der Waals surface area contributed by atoms with Crippen LogP contribution in [0, 0.1) is 5.82 Å². The quantitative estimate of drug-likeness (QED) is 0.883. The first-order valence-electron chi connectivity index (χ1n) is 6.04. The highest BCUT2D eigenvalue weighted by molar-refractivity contribution is 9.10. The molecule has 4 heteroatoms. The molecule has 0 radical (unpaired) electrons. The van der Waals surface area contributed by atoms with Crippen molar-refractivity contribution in [3.05, 3.63) is 69.9 Å². The van der Waals surface area contributed by atoms with Crippen molar-refractivity contribution in [1.29, 1.82) is 0 Å². The van der Waals surface area contributed by atoms with Crippen molar-refractivity contribution < 1.29 is 9.50 Å². The number of aliphatic hydroxyl groups excluding tert-OH is 1. The van der Waals surface area contributed by atoms with Crippen molar-refractivity contribution in [2.24, 2.45) is 0 Å². The fourth-order valence-electron chi connectivity index (χ4n) is 1.89. The third kappa shape index (κ3) is 3.86. The molecule has 0 aliphatic heterocycles. The number of hydrogen-bond donors (Lipinski definition) is 2. The Kier molecular flexibility index (Phi) is 5.07. The van der Waals surface area contributed by atoms with Gasteiger partial charge in [0.2, 0.25) is 0 Å². The van der Waals surface area contributed by atoms with Crippen LogP contribution in [0.2, 0.25) is 0 Å². The zero-order valence-corrected chi connectivity index (χ0v) is 11.9. The molecule has 0 heterocycles. The van der Waals surface area contributed by atoms with E-state index in [9.17, 15) is 9.50 Å². The van der Waals surface area contributed by atoms with Crippen molar-refractivity contribution in [3.8, 4) is 0 Å². The summed E-state index contributed by atoms with van der Waals surface area (Å²) in [5.41, 5.74) is 1.84. The average molecular weight is 324 g/mol. The highest BCUT2D eigenvalue weighted by Crippen LogP contribution is 2.24. The van der Waals surface area contributed by atoms with Gasteiger partial charge in [0.25, 0.3) is 0 Å². The fraction of sp³-hybridized carbons (Fsp3) is 0.200. The number of aliphatic hydroxyl groups is 1. The van der Waals surface area contributed by atoms with Gasteiger partial charge in [-0.1, -0.05) is 46.3 Å². The molecule has 1 atom stereocenters. The van der Waals surface area contributed by atoms with Crippen molar-refractivity contribution >= 4 is 15.9 Å². The molecule has 2 nitrogen and oxygen atoms in total. The molecule has 0 bridgehead atoms. The van der Waals surface area contributed by atoms with Gasteiger partial charge in [-0.3, -0.25) is 0 Å². The molecular formula is C15H15BrFNO. The molecule has 100 valence electrons. The van der Waals surface area contributed by atoms with Gasteiger partial charge in [0.05, 0.1) is 12.6 Å². The van der Waals surface area contributed by atoms with Crippen LogP contribution in [-0.4, -0.2) is 11.7 Å². The summed E-state index contributed by atoms with van der Waals surface area (Å²) in [6.07, 6.45) is 0. The first-order chi connectivity index (χ1) is 9.20. The van der Waals surface area contributed by atoms with Crippen LogP contribution >= 0.6 is 15.9 Å². The second-order valence-corrected chi connectivity index (χ2v) is 5.12. The lowest BCUT2D eigenvalue weighted by Crippen LogP contribution is -2.24. The lowest BCUT2D eigenvalue weighted by Gasteiger charge is -2.18. The standard InChI is InChI=1S/C15H15BrFNO/c16-14-7-6-12(17)8-13(14)15(10-19)18-9-11-4-2-1-3-5-11/h1-8,15,18-19H,9-10H2. The first kappa shape index (κ1) is 14.2. The molecule has 0 saturated heterocycles. The van der Waals surface area contributed by atoms with E-state index in [1.807, 2.05) is 30.3 Å². The van der Waals surface area contributed by atoms with Gasteiger partial charge in [-0.15, -0.1) is 0 Å². The molecule has 0 amide bonds. The summed E-state index contributed by atoms with van der Waals surface area (Å²) in [5.74, 6) is -0.307. The maximum atomic E-state index is 13.3. The molecule has 1 unspecified atom stereocenters. The Morgan fingerprint density at radius 2 is 1.89 bits per heavy atom. The van der Waals surface area contributed by atoms with Gasteiger partial charge >= 0.3 is 0 Å². The summed E-state index contributed by atoms with van der Waals surface area (Å²) >= 11 is 3.38. The highest BCUT2D eigenvalue weighted by atomic mass is 79.9. The van der Waals surface area contributed by atoms with Gasteiger partial charge in [0.1, 0.15) is 5.82 Å². The minimum atomic E-state index is -0.307. The third-order valence-corrected chi connectivity index (χ3v) is 3.63. The second kappa shape index (κ2) is 6.80. The number of nitrogens with one attached hydrogen (secondary N) is 1. The minimum absolute atomic E-state index is 0.0884. The minimum Gasteiger partial charge on any atom is -0.394 e. The van der Waals surface area contributed by atoms with Crippen LogP contribution in [0.5, 0.6) is 0 Å². The Hall–Kier alpha value is -1.23. The largest absolute Gasteiger partial charge is 0.394 e. The van der Waals surface area contributed by atoms with Gasteiger partial charge in [-0.2, -0.15) is 0 Å². The molecule has 2 aromatic carbocycles. The van der Waals surface area contributed by atoms with E-state index in [0.29, 0.717) is 6.54 Å². The summed E-state index contributed by atoms with van der Waals surface area (Å²) in [6, 6.07) is 14.1. The molecule has 0 spiro atoms. The summed E-state index contributed by atoms with van der Waals surface area (Å²) in [7, 11) is 0. The molecule has 0 aliphatic rings. The number of benzene rings is 2. The summed E-state index contributed by atoms with van der Waals surface area (Å²) < 4.78 is 14.1. The van der Waals surface area contributed by atoms with E-state index in [4.69, 9.17) is 0 Å². The van der Waals surface area contributed by atoms with E-state index in [1.165, 1.54) is 12.1 Å². The van der Waals surface area contributed by atoms with E-state index in [2.05, 4.69) is 21.2 Å². The van der Waals surface area contributed by atoms with Gasteiger partial charge in [-0.05, 0) is 29.3 Å². The fourth-order valence-corrected chi connectivity index (χ4v) is 2.41. The topological polar surface area (TPSA) is 32.3 Å². The van der Waals surface area contributed by atoms with E-state index in [0.717, 1.165) is 15.6 Å². The zero-order chi connectivity index (χ0) is 13.7. The zero-order valence-electron chi connectivity index (χ0n) is 10.3. The Morgan fingerprint density at radius 3 is 2.58 bits per heavy atom. The van der Waals surface area contributed by atoms with Crippen LogP contribution in [-0.2, 0) is 6.54 Å². The van der Waals surface area contributed by atoms with Crippen LogP contribution in [0.1, 0.15) is 17.2 Å². The van der Waals surface area contributed by atoms with E-state index in [-0.39, 0.29) is 18.5 Å². The first-order valence-corrected chi connectivity index (χ1v) is 6.83. The number of halogens is 2. The maximum absolute atomic E-state index is 13.3. The Morgan fingerprint density at radius 1 is 1.16 bits per heavy atom. The Balaban J connectivity index is 2.10. The predicted molar refractivity (Wildman–Crippen MR) is 77.2 cm³/mol. The SMILES string of the molecule is OCC(NCc1ccccc1)c1cc(F)ccc1Br. The Labute approximate surface area is 120 Å². The Bertz CT molecular complexity index is 533. The van der Waals surface area contributed by atoms with E-state index >= 15 is 0 Å². The summed E-state index contributed by atoms with van der Waals surface area (Å²) in [4.78, 5) is 0. The third-order valence-electron chi connectivity index (χ3n) is 2.91. The van der Waals surface area contributed by atoms with Gasteiger partial charge in [-0.25, -0.2) is 4.39 Å². The van der Waals surface area contributed by atoms with Gasteiger partial charge in [0, 0.05) is 11.0 Å². The molecule has 19 heavy (non-hydrogen) atoms. The number of rotatable bonds is 5. The molecule has 0 saturated carbocycles. The lowest BCUT2D eigenvalue weighted by atomic mass is 10.1. The van der Waals surface area contributed by atoms with Crippen molar-refractivity contribution in [2.75, 3.05) is 6.61 Å². The highest BCUT2D eigenvalue weighted by Gasteiger charge is 2.14. The molecule has 2 aromatic rings. The molecular weight excluding hydrogens is 309 g/mol. The van der Waals surface area contributed by atoms with Crippen LogP contribution in [0.15, 0.2) is 53.0 Å². The molecule has 0 aliphatic carbocycles. The van der Waals surface area contributed by atoms with Crippen LogP contribution in [0.4, 0.5) is 4.39 Å². The monoisotopic (exact) mass is 323 g/mol. The second-order valence-electron chi connectivity index (χ2n) is 4.27. The summed E-state index contributed by atoms with van der Waals surface area (Å²) in [5, 5.41) is 12.7. The normalized spacial score (nSPS) is 12.4. The summed E-state index contributed by atoms with van der Waals surface area (Å²) in [6.45, 7) is 0.532. The van der Waals surface area contributed by atoms with Crippen molar-refractivity contribution in [3.63, 3.8) is 0 Å². The maximum Gasteiger partial charge on any atom is 0.123 e. The average Bonchev–Trinajstić information content (AvgIpc) is 2.44. The van der Waals surface area contributed by atoms with E-state index < -0.39 is 0 Å².